The summed E-state index contributed by atoms with van der Waals surface area (Å²) in [4.78, 5) is 15.5. The first-order chi connectivity index (χ1) is 8.59. The second kappa shape index (κ2) is 5.33. The number of halogens is 3. The third-order valence-electron chi connectivity index (χ3n) is 2.29. The van der Waals surface area contributed by atoms with E-state index in [4.69, 9.17) is 23.6 Å². The van der Waals surface area contributed by atoms with E-state index in [-0.39, 0.29) is 11.3 Å². The number of pyridine rings is 1. The predicted molar refractivity (Wildman–Crippen MR) is 67.5 cm³/mol. The van der Waals surface area contributed by atoms with E-state index in [0.29, 0.717) is 9.50 Å². The van der Waals surface area contributed by atoms with Gasteiger partial charge < -0.3 is 0 Å². The minimum Gasteiger partial charge on any atom is -0.266 e. The van der Waals surface area contributed by atoms with Gasteiger partial charge in [0.2, 0.25) is 0 Å². The normalized spacial score (nSPS) is 10.2. The summed E-state index contributed by atoms with van der Waals surface area (Å²) in [5.74, 6) is -1.05. The number of amides is 1. The summed E-state index contributed by atoms with van der Waals surface area (Å²) >= 11 is 10.7. The highest BCUT2D eigenvalue weighted by Gasteiger charge is 2.13. The monoisotopic (exact) mass is 284 g/mol. The molecule has 0 radical (unpaired) electrons. The molecule has 0 saturated heterocycles. The molecule has 2 rings (SSSR count). The largest absolute Gasteiger partial charge is 0.283 e. The van der Waals surface area contributed by atoms with E-state index in [9.17, 15) is 9.18 Å². The molecule has 0 aliphatic rings. The Bertz CT molecular complexity index is 590. The molecule has 6 heteroatoms. The van der Waals surface area contributed by atoms with Gasteiger partial charge in [-0.1, -0.05) is 12.1 Å². The maximum Gasteiger partial charge on any atom is 0.283 e. The number of benzene rings is 1. The number of hydrogen-bond donors (Lipinski definition) is 0. The van der Waals surface area contributed by atoms with Gasteiger partial charge in [-0.15, -0.1) is 0 Å². The summed E-state index contributed by atoms with van der Waals surface area (Å²) in [5, 5.41) is 0. The molecule has 0 aliphatic heterocycles. The van der Waals surface area contributed by atoms with Crippen molar-refractivity contribution in [2.24, 2.45) is 0 Å². The van der Waals surface area contributed by atoms with E-state index in [2.05, 4.69) is 4.98 Å². The zero-order valence-corrected chi connectivity index (χ0v) is 10.5. The Labute approximate surface area is 113 Å². The number of carbonyl (C=O) groups excluding carboxylic acids is 1. The molecule has 0 saturated carbocycles. The summed E-state index contributed by atoms with van der Waals surface area (Å²) in [6.45, 7) is 0. The molecule has 0 bridgehead atoms. The molecule has 1 aromatic carbocycles. The van der Waals surface area contributed by atoms with Crippen LogP contribution in [0, 0.1) is 5.82 Å². The molecule has 0 aliphatic carbocycles. The smallest absolute Gasteiger partial charge is 0.266 e. The van der Waals surface area contributed by atoms with Crippen LogP contribution in [0.3, 0.4) is 0 Å². The summed E-state index contributed by atoms with van der Waals surface area (Å²) < 4.78 is 14.0. The number of carbonyl (C=O) groups is 1. The van der Waals surface area contributed by atoms with Crippen molar-refractivity contribution in [2.45, 2.75) is 0 Å². The Morgan fingerprint density at radius 2 is 2.00 bits per heavy atom. The summed E-state index contributed by atoms with van der Waals surface area (Å²) in [6.07, 6.45) is 1.47. The van der Waals surface area contributed by atoms with Gasteiger partial charge in [-0.25, -0.2) is 4.39 Å². The van der Waals surface area contributed by atoms with Crippen LogP contribution in [0.4, 0.5) is 4.39 Å². The summed E-state index contributed by atoms with van der Waals surface area (Å²) in [5.41, 5.74) is 0.902. The van der Waals surface area contributed by atoms with E-state index in [1.165, 1.54) is 30.5 Å². The van der Waals surface area contributed by atoms with Crippen molar-refractivity contribution in [1.82, 2.24) is 8.92 Å². The number of hydrogen-bond acceptors (Lipinski definition) is 2. The van der Waals surface area contributed by atoms with Crippen molar-refractivity contribution in [3.63, 3.8) is 0 Å². The molecule has 1 aromatic heterocycles. The minimum absolute atomic E-state index is 0.169. The van der Waals surface area contributed by atoms with Gasteiger partial charge in [-0.3, -0.25) is 9.78 Å². The first kappa shape index (κ1) is 12.8. The van der Waals surface area contributed by atoms with Crippen LogP contribution < -0.4 is 0 Å². The molecule has 2 aromatic rings. The van der Waals surface area contributed by atoms with E-state index < -0.39 is 11.7 Å². The molecule has 0 atom stereocenters. The van der Waals surface area contributed by atoms with Crippen molar-refractivity contribution in [3.8, 4) is 11.3 Å². The first-order valence-corrected chi connectivity index (χ1v) is 5.64. The number of aromatic nitrogens is 1. The average Bonchev–Trinajstić information content (AvgIpc) is 2.38. The van der Waals surface area contributed by atoms with Crippen LogP contribution in [0.1, 0.15) is 10.4 Å². The maximum atomic E-state index is 13.6. The SMILES string of the molecule is O=C(c1cccc(-c2ncccc2F)c1)N(Cl)Cl. The molecule has 18 heavy (non-hydrogen) atoms. The van der Waals surface area contributed by atoms with Crippen LogP contribution in [0.5, 0.6) is 0 Å². The van der Waals surface area contributed by atoms with Crippen LogP contribution in [0.2, 0.25) is 0 Å². The lowest BCUT2D eigenvalue weighted by Crippen LogP contribution is -2.11. The van der Waals surface area contributed by atoms with Gasteiger partial charge >= 0.3 is 0 Å². The highest BCUT2D eigenvalue weighted by molar-refractivity contribution is 6.43. The standard InChI is InChI=1S/C12H7Cl2FN2O/c13-17(14)12(18)9-4-1-3-8(7-9)11-10(15)5-2-6-16-11/h1-7H. The quantitative estimate of drug-likeness (QED) is 0.789. The van der Waals surface area contributed by atoms with Gasteiger partial charge in [0, 0.05) is 40.9 Å². The molecule has 92 valence electrons. The Kier molecular flexibility index (Phi) is 3.79. The Balaban J connectivity index is 2.45. The van der Waals surface area contributed by atoms with Crippen molar-refractivity contribution >= 4 is 29.5 Å². The second-order valence-corrected chi connectivity index (χ2v) is 4.30. The fourth-order valence-corrected chi connectivity index (χ4v) is 1.69. The zero-order chi connectivity index (χ0) is 13.1. The van der Waals surface area contributed by atoms with Crippen LogP contribution in [-0.4, -0.2) is 14.8 Å². The lowest BCUT2D eigenvalue weighted by molar-refractivity contribution is 0.0924. The minimum atomic E-state index is -0.587. The third-order valence-corrected chi connectivity index (χ3v) is 2.60. The highest BCUT2D eigenvalue weighted by atomic mass is 35.5. The van der Waals surface area contributed by atoms with Crippen LogP contribution in [0.15, 0.2) is 42.6 Å². The van der Waals surface area contributed by atoms with Gasteiger partial charge in [0.1, 0.15) is 11.5 Å². The lowest BCUT2D eigenvalue weighted by Gasteiger charge is -2.06. The van der Waals surface area contributed by atoms with Crippen molar-refractivity contribution in [2.75, 3.05) is 0 Å². The van der Waals surface area contributed by atoms with Gasteiger partial charge in [0.05, 0.1) is 0 Å². The van der Waals surface area contributed by atoms with Crippen LogP contribution in [-0.2, 0) is 0 Å². The van der Waals surface area contributed by atoms with Crippen LogP contribution in [0.25, 0.3) is 11.3 Å². The van der Waals surface area contributed by atoms with Crippen molar-refractivity contribution in [3.05, 3.63) is 54.0 Å². The average molecular weight is 285 g/mol. The van der Waals surface area contributed by atoms with E-state index >= 15 is 0 Å². The van der Waals surface area contributed by atoms with E-state index in [1.807, 2.05) is 0 Å². The highest BCUT2D eigenvalue weighted by Crippen LogP contribution is 2.22. The molecule has 1 heterocycles. The lowest BCUT2D eigenvalue weighted by atomic mass is 10.1. The summed E-state index contributed by atoms with van der Waals surface area (Å²) in [6, 6.07) is 9.05. The van der Waals surface area contributed by atoms with E-state index in [1.54, 1.807) is 12.1 Å². The molecule has 0 fully saturated rings. The van der Waals surface area contributed by atoms with Gasteiger partial charge in [-0.05, 0) is 24.3 Å². The predicted octanol–water partition coefficient (Wildman–Crippen LogP) is 3.64. The molecular weight excluding hydrogens is 278 g/mol. The Hall–Kier alpha value is -1.65. The topological polar surface area (TPSA) is 33.2 Å². The van der Waals surface area contributed by atoms with Crippen molar-refractivity contribution in [1.29, 1.82) is 0 Å². The molecule has 0 spiro atoms. The first-order valence-electron chi connectivity index (χ1n) is 4.96. The maximum absolute atomic E-state index is 13.6. The fraction of sp³-hybridized carbons (Fsp3) is 0. The zero-order valence-electron chi connectivity index (χ0n) is 8.98. The molecular formula is C12H7Cl2FN2O. The van der Waals surface area contributed by atoms with Gasteiger partial charge in [-0.2, -0.15) is 3.94 Å². The third kappa shape index (κ3) is 2.60. The fourth-order valence-electron chi connectivity index (χ4n) is 1.50. The summed E-state index contributed by atoms with van der Waals surface area (Å²) in [7, 11) is 0. The van der Waals surface area contributed by atoms with Crippen LogP contribution >= 0.6 is 23.6 Å². The molecule has 0 N–H and O–H groups in total. The van der Waals surface area contributed by atoms with Gasteiger partial charge in [0.25, 0.3) is 5.91 Å². The molecule has 0 unspecified atom stereocenters. The molecule has 1 amide bonds. The van der Waals surface area contributed by atoms with Gasteiger partial charge in [0.15, 0.2) is 0 Å². The Morgan fingerprint density at radius 3 is 2.67 bits per heavy atom. The van der Waals surface area contributed by atoms with Crippen molar-refractivity contribution < 1.29 is 9.18 Å². The Morgan fingerprint density at radius 1 is 1.22 bits per heavy atom. The molecule has 3 nitrogen and oxygen atoms in total. The second-order valence-electron chi connectivity index (χ2n) is 3.45. The number of nitrogens with zero attached hydrogens (tertiary/aromatic N) is 2. The number of rotatable bonds is 2. The van der Waals surface area contributed by atoms with E-state index in [0.717, 1.165) is 0 Å².